The average Bonchev–Trinajstić information content (AvgIpc) is 2.87. The highest BCUT2D eigenvalue weighted by molar-refractivity contribution is 9.10. The van der Waals surface area contributed by atoms with Gasteiger partial charge >= 0.3 is 0 Å². The second kappa shape index (κ2) is 12.9. The summed E-state index contributed by atoms with van der Waals surface area (Å²) in [7, 11) is -0.162. The van der Waals surface area contributed by atoms with Gasteiger partial charge in [-0.3, -0.25) is 4.79 Å². The van der Waals surface area contributed by atoms with E-state index in [2.05, 4.69) is 78.6 Å². The summed E-state index contributed by atoms with van der Waals surface area (Å²) in [5.41, 5.74) is 3.46. The molecular formula is C30H39BrN2O3Si. The lowest BCUT2D eigenvalue weighted by Crippen LogP contribution is -2.41. The van der Waals surface area contributed by atoms with Crippen LogP contribution in [0.25, 0.3) is 0 Å². The molecule has 0 radical (unpaired) electrons. The second-order valence-corrected chi connectivity index (χ2v) is 16.4. The Morgan fingerprint density at radius 1 is 1.00 bits per heavy atom. The molecule has 0 bridgehead atoms. The van der Waals surface area contributed by atoms with Crippen LogP contribution in [0.15, 0.2) is 77.3 Å². The predicted octanol–water partition coefficient (Wildman–Crippen LogP) is 7.80. The van der Waals surface area contributed by atoms with Crippen LogP contribution in [0.1, 0.15) is 54.7 Å². The van der Waals surface area contributed by atoms with E-state index in [1.54, 1.807) is 31.4 Å². The van der Waals surface area contributed by atoms with Gasteiger partial charge in [0.1, 0.15) is 5.75 Å². The maximum Gasteiger partial charge on any atom is 0.255 e. The smallest absolute Gasteiger partial charge is 0.255 e. The number of hydrogen-bond acceptors (Lipinski definition) is 4. The van der Waals surface area contributed by atoms with Crippen molar-refractivity contribution < 1.29 is 14.0 Å². The van der Waals surface area contributed by atoms with Gasteiger partial charge in [-0.1, -0.05) is 67.0 Å². The predicted molar refractivity (Wildman–Crippen MR) is 159 cm³/mol. The van der Waals surface area contributed by atoms with Crippen molar-refractivity contribution in [3.63, 3.8) is 0 Å². The van der Waals surface area contributed by atoms with Crippen molar-refractivity contribution in [2.45, 2.75) is 51.4 Å². The minimum Gasteiger partial charge on any atom is -0.497 e. The lowest BCUT2D eigenvalue weighted by Gasteiger charge is -2.36. The van der Waals surface area contributed by atoms with Crippen LogP contribution in [0.2, 0.25) is 18.1 Å². The Morgan fingerprint density at radius 3 is 2.30 bits per heavy atom. The van der Waals surface area contributed by atoms with Crippen molar-refractivity contribution in [1.82, 2.24) is 5.32 Å². The normalized spacial score (nSPS) is 12.7. The van der Waals surface area contributed by atoms with Crippen LogP contribution in [-0.2, 0) is 4.43 Å². The second-order valence-electron chi connectivity index (χ2n) is 10.7. The van der Waals surface area contributed by atoms with Crippen LogP contribution in [0, 0.1) is 0 Å². The first-order chi connectivity index (χ1) is 17.5. The molecule has 3 aromatic carbocycles. The van der Waals surface area contributed by atoms with E-state index in [1.807, 2.05) is 30.3 Å². The molecule has 1 atom stereocenters. The standard InChI is InChI=1S/C30H39BrN2O3Si/c1-30(2,3)37(5,6)36-20-10-19-32-28(22-11-8-7-9-12-22)26-21-24(31)15-18-27(26)33-29(34)23-13-16-25(35-4)17-14-23/h7-9,11-18,21,28,32H,10,19-20H2,1-6H3,(H,33,34). The van der Waals surface area contributed by atoms with Gasteiger partial charge < -0.3 is 19.8 Å². The minimum absolute atomic E-state index is 0.0993. The Labute approximate surface area is 231 Å². The van der Waals surface area contributed by atoms with Gasteiger partial charge in [0.15, 0.2) is 8.32 Å². The van der Waals surface area contributed by atoms with Gasteiger partial charge in [-0.15, -0.1) is 0 Å². The number of rotatable bonds is 11. The Balaban J connectivity index is 1.79. The molecule has 0 saturated carbocycles. The summed E-state index contributed by atoms with van der Waals surface area (Å²) in [6.45, 7) is 12.9. The molecule has 0 aliphatic rings. The zero-order chi connectivity index (χ0) is 27.1. The van der Waals surface area contributed by atoms with Crippen LogP contribution in [0.3, 0.4) is 0 Å². The van der Waals surface area contributed by atoms with Gasteiger partial charge in [-0.05, 0) is 84.7 Å². The first kappa shape index (κ1) is 29.1. The van der Waals surface area contributed by atoms with Crippen LogP contribution >= 0.6 is 15.9 Å². The summed E-state index contributed by atoms with van der Waals surface area (Å²) in [5.74, 6) is 0.549. The quantitative estimate of drug-likeness (QED) is 0.179. The Morgan fingerprint density at radius 2 is 1.68 bits per heavy atom. The highest BCUT2D eigenvalue weighted by Crippen LogP contribution is 2.36. The first-order valence-electron chi connectivity index (χ1n) is 12.7. The molecule has 37 heavy (non-hydrogen) atoms. The van der Waals surface area contributed by atoms with Crippen molar-refractivity contribution in [2.24, 2.45) is 0 Å². The van der Waals surface area contributed by atoms with Crippen LogP contribution < -0.4 is 15.4 Å². The Bertz CT molecular complexity index is 1160. The highest BCUT2D eigenvalue weighted by Gasteiger charge is 2.36. The molecule has 0 aromatic heterocycles. The molecule has 198 valence electrons. The molecule has 5 nitrogen and oxygen atoms in total. The SMILES string of the molecule is COc1ccc(C(=O)Nc2ccc(Br)cc2C(NCCCO[Si](C)(C)C(C)(C)C)c2ccccc2)cc1. The Hall–Kier alpha value is -2.45. The van der Waals surface area contributed by atoms with Gasteiger partial charge in [-0.25, -0.2) is 0 Å². The molecule has 3 rings (SSSR count). The number of hydrogen-bond donors (Lipinski definition) is 2. The van der Waals surface area contributed by atoms with Crippen molar-refractivity contribution >= 4 is 35.8 Å². The number of halogens is 1. The lowest BCUT2D eigenvalue weighted by molar-refractivity contribution is 0.102. The monoisotopic (exact) mass is 582 g/mol. The molecule has 7 heteroatoms. The fraction of sp³-hybridized carbons (Fsp3) is 0.367. The number of nitrogens with one attached hydrogen (secondary N) is 2. The number of benzene rings is 3. The number of anilines is 1. The van der Waals surface area contributed by atoms with Crippen molar-refractivity contribution in [3.8, 4) is 5.75 Å². The number of amides is 1. The summed E-state index contributed by atoms with van der Waals surface area (Å²) in [6.07, 6.45) is 0.900. The minimum atomic E-state index is -1.77. The van der Waals surface area contributed by atoms with E-state index in [1.165, 1.54) is 0 Å². The third-order valence-electron chi connectivity index (χ3n) is 7.00. The zero-order valence-electron chi connectivity index (χ0n) is 22.7. The van der Waals surface area contributed by atoms with Crippen LogP contribution in [-0.4, -0.2) is 34.5 Å². The molecule has 0 spiro atoms. The summed E-state index contributed by atoms with van der Waals surface area (Å²) in [6, 6.07) is 23.3. The van der Waals surface area contributed by atoms with E-state index in [9.17, 15) is 4.79 Å². The van der Waals surface area contributed by atoms with Crippen molar-refractivity contribution in [2.75, 3.05) is 25.6 Å². The summed E-state index contributed by atoms with van der Waals surface area (Å²) < 4.78 is 12.5. The van der Waals surface area contributed by atoms with E-state index < -0.39 is 8.32 Å². The van der Waals surface area contributed by atoms with E-state index in [4.69, 9.17) is 9.16 Å². The lowest BCUT2D eigenvalue weighted by atomic mass is 9.96. The number of carbonyl (C=O) groups is 1. The third kappa shape index (κ3) is 8.01. The molecule has 2 N–H and O–H groups in total. The van der Waals surface area contributed by atoms with Gasteiger partial charge in [-0.2, -0.15) is 0 Å². The molecule has 1 amide bonds. The van der Waals surface area contributed by atoms with Gasteiger partial charge in [0, 0.05) is 22.3 Å². The Kier molecular flexibility index (Phi) is 10.1. The largest absolute Gasteiger partial charge is 0.497 e. The number of ether oxygens (including phenoxy) is 1. The van der Waals surface area contributed by atoms with Gasteiger partial charge in [0.05, 0.1) is 13.2 Å². The fourth-order valence-corrected chi connectivity index (χ4v) is 5.20. The van der Waals surface area contributed by atoms with E-state index in [0.717, 1.165) is 40.9 Å². The average molecular weight is 584 g/mol. The molecule has 0 aliphatic heterocycles. The maximum atomic E-state index is 13.1. The molecular weight excluding hydrogens is 544 g/mol. The number of carbonyl (C=O) groups excluding carboxylic acids is 1. The third-order valence-corrected chi connectivity index (χ3v) is 12.0. The molecule has 1 unspecified atom stereocenters. The van der Waals surface area contributed by atoms with Crippen molar-refractivity contribution in [3.05, 3.63) is 94.0 Å². The molecule has 0 aliphatic carbocycles. The molecule has 0 heterocycles. The highest BCUT2D eigenvalue weighted by atomic mass is 79.9. The van der Waals surface area contributed by atoms with Crippen LogP contribution in [0.5, 0.6) is 5.75 Å². The van der Waals surface area contributed by atoms with Gasteiger partial charge in [0.2, 0.25) is 0 Å². The maximum absolute atomic E-state index is 13.1. The summed E-state index contributed by atoms with van der Waals surface area (Å²) in [4.78, 5) is 13.1. The van der Waals surface area contributed by atoms with Gasteiger partial charge in [0.25, 0.3) is 5.91 Å². The number of methoxy groups -OCH3 is 1. The van der Waals surface area contributed by atoms with E-state index in [-0.39, 0.29) is 17.0 Å². The molecule has 0 saturated heterocycles. The topological polar surface area (TPSA) is 59.6 Å². The summed E-state index contributed by atoms with van der Waals surface area (Å²) >= 11 is 3.63. The van der Waals surface area contributed by atoms with Crippen molar-refractivity contribution in [1.29, 1.82) is 0 Å². The first-order valence-corrected chi connectivity index (χ1v) is 16.4. The fourth-order valence-electron chi connectivity index (χ4n) is 3.74. The molecule has 0 fully saturated rings. The summed E-state index contributed by atoms with van der Waals surface area (Å²) in [5, 5.41) is 7.03. The van der Waals surface area contributed by atoms with Crippen LogP contribution in [0.4, 0.5) is 5.69 Å². The van der Waals surface area contributed by atoms with E-state index >= 15 is 0 Å². The molecule has 3 aromatic rings. The zero-order valence-corrected chi connectivity index (χ0v) is 25.3. The van der Waals surface area contributed by atoms with E-state index in [0.29, 0.717) is 11.3 Å².